The van der Waals surface area contributed by atoms with Crippen LogP contribution < -0.4 is 10.4 Å². The van der Waals surface area contributed by atoms with Crippen LogP contribution in [0.5, 0.6) is 0 Å². The maximum atomic E-state index is 13.6. The normalized spacial score (nSPS) is 14.0. The number of ether oxygens (including phenoxy) is 2. The molecule has 0 radical (unpaired) electrons. The van der Waals surface area contributed by atoms with Crippen molar-refractivity contribution < 1.29 is 28.4 Å². The number of carbonyl (C=O) groups excluding carboxylic acids is 3. The first kappa shape index (κ1) is 23.8. The minimum atomic E-state index is -3.23. The number of esters is 2. The van der Waals surface area contributed by atoms with E-state index < -0.39 is 24.5 Å². The van der Waals surface area contributed by atoms with E-state index in [2.05, 4.69) is 9.82 Å². The lowest BCUT2D eigenvalue weighted by molar-refractivity contribution is -0.144. The Bertz CT molecular complexity index is 685. The zero-order chi connectivity index (χ0) is 20.3. The van der Waals surface area contributed by atoms with E-state index in [-0.39, 0.29) is 18.0 Å². The van der Waals surface area contributed by atoms with E-state index in [0.717, 1.165) is 23.1 Å². The molecule has 2 atom stereocenters. The van der Waals surface area contributed by atoms with Crippen molar-refractivity contribution in [1.82, 2.24) is 5.09 Å². The van der Waals surface area contributed by atoms with Crippen molar-refractivity contribution in [3.05, 3.63) is 30.3 Å². The van der Waals surface area contributed by atoms with E-state index in [1.807, 2.05) is 0 Å². The molecule has 0 aliphatic rings. The molecule has 2 unspecified atom stereocenters. The van der Waals surface area contributed by atoms with Crippen molar-refractivity contribution in [1.29, 1.82) is 0 Å². The molecule has 27 heavy (non-hydrogen) atoms. The highest BCUT2D eigenvalue weighted by Gasteiger charge is 2.32. The van der Waals surface area contributed by atoms with Crippen molar-refractivity contribution in [2.45, 2.75) is 25.8 Å². The molecule has 0 aliphatic carbocycles. The largest absolute Gasteiger partial charge is 0.469 e. The molecule has 10 heteroatoms. The highest BCUT2D eigenvalue weighted by atomic mass is 32.7. The Morgan fingerprint density at radius 2 is 1.78 bits per heavy atom. The van der Waals surface area contributed by atoms with E-state index >= 15 is 0 Å². The minimum Gasteiger partial charge on any atom is -0.469 e. The molecule has 0 saturated heterocycles. The number of rotatable bonds is 11. The summed E-state index contributed by atoms with van der Waals surface area (Å²) in [6.45, 7) is -1.76. The van der Waals surface area contributed by atoms with Crippen molar-refractivity contribution in [3.8, 4) is 0 Å². The number of thioether (sulfide) groups is 1. The molecule has 0 amide bonds. The van der Waals surface area contributed by atoms with Crippen molar-refractivity contribution in [2.24, 2.45) is 0 Å². The standard InChI is InChI=1S/C17H24NO6PS2/c1-13(19)26-11-12-27-25(22,14-7-5-4-6-8-14)18-15(17(21)24-3)9-10-16(20)23-2/h4-8,15H,9-12H2,1-3H3,(H,18,22). The number of benzene rings is 1. The highest BCUT2D eigenvalue weighted by Crippen LogP contribution is 2.54. The lowest BCUT2D eigenvalue weighted by Crippen LogP contribution is -2.37. The molecule has 0 aromatic heterocycles. The first-order valence-electron chi connectivity index (χ1n) is 8.18. The molecule has 0 saturated carbocycles. The number of carbonyl (C=O) groups is 3. The number of methoxy groups -OCH3 is 2. The average Bonchev–Trinajstić information content (AvgIpc) is 2.68. The first-order valence-corrected chi connectivity index (χ1v) is 12.5. The Morgan fingerprint density at radius 3 is 2.33 bits per heavy atom. The molecule has 1 aromatic carbocycles. The monoisotopic (exact) mass is 433 g/mol. The van der Waals surface area contributed by atoms with Gasteiger partial charge < -0.3 is 9.47 Å². The van der Waals surface area contributed by atoms with Gasteiger partial charge in [-0.1, -0.05) is 41.3 Å². The van der Waals surface area contributed by atoms with Crippen LogP contribution >= 0.6 is 29.6 Å². The summed E-state index contributed by atoms with van der Waals surface area (Å²) in [6.07, 6.45) is 0.0852. The van der Waals surface area contributed by atoms with Gasteiger partial charge in [0.1, 0.15) is 6.04 Å². The molecule has 0 bridgehead atoms. The topological polar surface area (TPSA) is 98.8 Å². The average molecular weight is 433 g/mol. The predicted molar refractivity (Wildman–Crippen MR) is 109 cm³/mol. The van der Waals surface area contributed by atoms with Crippen LogP contribution in [-0.2, 0) is 28.4 Å². The van der Waals surface area contributed by atoms with Gasteiger partial charge in [-0.2, -0.15) is 0 Å². The lowest BCUT2D eigenvalue weighted by atomic mass is 10.2. The van der Waals surface area contributed by atoms with Crippen LogP contribution in [-0.4, -0.2) is 48.8 Å². The van der Waals surface area contributed by atoms with E-state index in [0.29, 0.717) is 16.8 Å². The Morgan fingerprint density at radius 1 is 1.11 bits per heavy atom. The fraction of sp³-hybridized carbons (Fsp3) is 0.471. The van der Waals surface area contributed by atoms with Gasteiger partial charge in [-0.25, -0.2) is 5.09 Å². The van der Waals surface area contributed by atoms with Gasteiger partial charge in [-0.05, 0) is 18.6 Å². The van der Waals surface area contributed by atoms with Crippen LogP contribution in [0.1, 0.15) is 19.8 Å². The second-order valence-corrected chi connectivity index (χ2v) is 11.5. The third-order valence-electron chi connectivity index (χ3n) is 3.43. The predicted octanol–water partition coefficient (Wildman–Crippen LogP) is 2.60. The second-order valence-electron chi connectivity index (χ2n) is 5.38. The van der Waals surface area contributed by atoms with Gasteiger partial charge in [0.05, 0.1) is 14.2 Å². The molecule has 0 fully saturated rings. The van der Waals surface area contributed by atoms with Crippen LogP contribution in [0.15, 0.2) is 30.3 Å². The summed E-state index contributed by atoms with van der Waals surface area (Å²) in [5.74, 6) is -0.114. The molecule has 0 heterocycles. The van der Waals surface area contributed by atoms with Crippen LogP contribution in [0.25, 0.3) is 0 Å². The van der Waals surface area contributed by atoms with Crippen LogP contribution in [0.2, 0.25) is 0 Å². The van der Waals surface area contributed by atoms with Gasteiger partial charge in [0.25, 0.3) is 0 Å². The molecular formula is C17H24NO6PS2. The van der Waals surface area contributed by atoms with Crippen molar-refractivity contribution >= 4 is 52.0 Å². The summed E-state index contributed by atoms with van der Waals surface area (Å²) in [7, 11) is 2.50. The van der Waals surface area contributed by atoms with E-state index in [9.17, 15) is 18.9 Å². The summed E-state index contributed by atoms with van der Waals surface area (Å²) in [4.78, 5) is 34.6. The Balaban J connectivity index is 2.97. The summed E-state index contributed by atoms with van der Waals surface area (Å²) in [5, 5.41) is 3.45. The summed E-state index contributed by atoms with van der Waals surface area (Å²) < 4.78 is 23.0. The molecule has 1 rings (SSSR count). The van der Waals surface area contributed by atoms with Gasteiger partial charge in [-0.15, -0.1) is 0 Å². The fourth-order valence-electron chi connectivity index (χ4n) is 2.11. The third-order valence-corrected chi connectivity index (χ3v) is 9.47. The van der Waals surface area contributed by atoms with Gasteiger partial charge in [0, 0.05) is 30.2 Å². The van der Waals surface area contributed by atoms with Crippen LogP contribution in [0.3, 0.4) is 0 Å². The SMILES string of the molecule is COC(=O)CCC(NP(=O)(SCCSC(C)=O)c1ccccc1)C(=O)OC. The smallest absolute Gasteiger partial charge is 0.323 e. The fourth-order valence-corrected chi connectivity index (χ4v) is 7.73. The summed E-state index contributed by atoms with van der Waals surface area (Å²) in [6, 6.07) is 7.83. The molecule has 7 nitrogen and oxygen atoms in total. The zero-order valence-electron chi connectivity index (χ0n) is 15.5. The lowest BCUT2D eigenvalue weighted by Gasteiger charge is -2.24. The molecular weight excluding hydrogens is 409 g/mol. The van der Waals surface area contributed by atoms with Gasteiger partial charge in [-0.3, -0.25) is 18.9 Å². The Labute approximate surface area is 167 Å². The summed E-state index contributed by atoms with van der Waals surface area (Å²) in [5.41, 5.74) is 0. The highest BCUT2D eigenvalue weighted by molar-refractivity contribution is 8.59. The molecule has 0 aliphatic heterocycles. The molecule has 1 N–H and O–H groups in total. The molecule has 150 valence electrons. The van der Waals surface area contributed by atoms with Crippen LogP contribution in [0.4, 0.5) is 0 Å². The third kappa shape index (κ3) is 8.51. The number of hydrogen-bond donors (Lipinski definition) is 1. The van der Waals surface area contributed by atoms with Gasteiger partial charge in [0.2, 0.25) is 6.49 Å². The van der Waals surface area contributed by atoms with Crippen molar-refractivity contribution in [2.75, 3.05) is 25.7 Å². The molecule has 0 spiro atoms. The second kappa shape index (κ2) is 12.2. The Hall–Kier alpha value is -1.28. The zero-order valence-corrected chi connectivity index (χ0v) is 18.0. The van der Waals surface area contributed by atoms with Gasteiger partial charge >= 0.3 is 11.9 Å². The van der Waals surface area contributed by atoms with Crippen molar-refractivity contribution in [3.63, 3.8) is 0 Å². The van der Waals surface area contributed by atoms with E-state index in [1.54, 1.807) is 30.3 Å². The first-order chi connectivity index (χ1) is 12.8. The van der Waals surface area contributed by atoms with E-state index in [1.165, 1.54) is 21.1 Å². The number of nitrogens with one attached hydrogen (secondary N) is 1. The Kier molecular flexibility index (Phi) is 10.8. The summed E-state index contributed by atoms with van der Waals surface area (Å²) >= 11 is 2.32. The maximum Gasteiger partial charge on any atom is 0.323 e. The van der Waals surface area contributed by atoms with Gasteiger partial charge in [0.15, 0.2) is 5.12 Å². The van der Waals surface area contributed by atoms with E-state index in [4.69, 9.17) is 4.74 Å². The number of hydrogen-bond acceptors (Lipinski definition) is 8. The quantitative estimate of drug-likeness (QED) is 0.321. The maximum absolute atomic E-state index is 13.6. The van der Waals surface area contributed by atoms with Crippen LogP contribution in [0, 0.1) is 0 Å². The molecule has 1 aromatic rings. The minimum absolute atomic E-state index is 0.0105.